The fourth-order valence-corrected chi connectivity index (χ4v) is 6.08. The minimum Gasteiger partial charge on any atom is -0.207 e. The Morgan fingerprint density at radius 1 is 1.12 bits per heavy atom. The summed E-state index contributed by atoms with van der Waals surface area (Å²) in [5, 5.41) is 0.635. The van der Waals surface area contributed by atoms with E-state index in [1.54, 1.807) is 17.8 Å². The van der Waals surface area contributed by atoms with Gasteiger partial charge < -0.3 is 0 Å². The number of nitrogens with one attached hydrogen (secondary N) is 1. The molecule has 0 saturated carbocycles. The molecule has 0 fully saturated rings. The summed E-state index contributed by atoms with van der Waals surface area (Å²) < 4.78 is 28.8. The first kappa shape index (κ1) is 17.2. The molecule has 0 amide bonds. The Morgan fingerprint density at radius 3 is 2.84 bits per heavy atom. The molecule has 0 spiro atoms. The molecule has 130 valence electrons. The third kappa shape index (κ3) is 3.51. The van der Waals surface area contributed by atoms with Gasteiger partial charge in [0.1, 0.15) is 0 Å². The van der Waals surface area contributed by atoms with E-state index in [0.29, 0.717) is 16.3 Å². The van der Waals surface area contributed by atoms with Crippen LogP contribution in [0.5, 0.6) is 0 Å². The van der Waals surface area contributed by atoms with Crippen molar-refractivity contribution in [3.8, 4) is 0 Å². The third-order valence-corrected chi connectivity index (χ3v) is 7.63. The van der Waals surface area contributed by atoms with Gasteiger partial charge in [-0.2, -0.15) is 0 Å². The standard InChI is InChI=1S/C19H18ClNO2S2/c20-15-6-8-19-17(12-15)18(9-10-24-19)21-25(22,23)16-7-5-13-3-1-2-4-14(13)11-16/h1-4,6,8,11-12,18,21H,5,7,9-10H2. The second kappa shape index (κ2) is 6.80. The predicted molar refractivity (Wildman–Crippen MR) is 104 cm³/mol. The van der Waals surface area contributed by atoms with Gasteiger partial charge in [-0.3, -0.25) is 0 Å². The van der Waals surface area contributed by atoms with Gasteiger partial charge in [0.2, 0.25) is 10.0 Å². The van der Waals surface area contributed by atoms with E-state index in [4.69, 9.17) is 11.6 Å². The van der Waals surface area contributed by atoms with Crippen LogP contribution in [0.1, 0.15) is 35.6 Å². The molecule has 6 heteroatoms. The van der Waals surface area contributed by atoms with Gasteiger partial charge in [-0.25, -0.2) is 13.1 Å². The molecule has 2 aromatic rings. The van der Waals surface area contributed by atoms with Gasteiger partial charge in [0.15, 0.2) is 0 Å². The highest BCUT2D eigenvalue weighted by Crippen LogP contribution is 2.38. The van der Waals surface area contributed by atoms with E-state index in [0.717, 1.165) is 34.6 Å². The number of halogens is 1. The number of allylic oxidation sites excluding steroid dienone is 1. The first-order chi connectivity index (χ1) is 12.0. The Morgan fingerprint density at radius 2 is 1.96 bits per heavy atom. The quantitative estimate of drug-likeness (QED) is 0.818. The summed E-state index contributed by atoms with van der Waals surface area (Å²) in [6, 6.07) is 13.4. The van der Waals surface area contributed by atoms with Crippen LogP contribution < -0.4 is 4.72 Å². The van der Waals surface area contributed by atoms with Gasteiger partial charge in [0.25, 0.3) is 0 Å². The number of fused-ring (bicyclic) bond motifs is 2. The molecule has 4 rings (SSSR count). The van der Waals surface area contributed by atoms with Crippen molar-refractivity contribution in [2.24, 2.45) is 0 Å². The maximum Gasteiger partial charge on any atom is 0.237 e. The Balaban J connectivity index is 1.64. The normalized spacial score (nSPS) is 19.7. The van der Waals surface area contributed by atoms with Crippen LogP contribution in [-0.2, 0) is 16.4 Å². The lowest BCUT2D eigenvalue weighted by atomic mass is 9.98. The first-order valence-electron chi connectivity index (χ1n) is 8.26. The van der Waals surface area contributed by atoms with E-state index >= 15 is 0 Å². The van der Waals surface area contributed by atoms with Crippen molar-refractivity contribution in [1.29, 1.82) is 0 Å². The number of benzene rings is 2. The molecule has 1 N–H and O–H groups in total. The summed E-state index contributed by atoms with van der Waals surface area (Å²) in [4.78, 5) is 1.57. The van der Waals surface area contributed by atoms with Crippen molar-refractivity contribution in [3.05, 3.63) is 69.1 Å². The lowest BCUT2D eigenvalue weighted by Crippen LogP contribution is -2.32. The number of aryl methyl sites for hydroxylation is 1. The lowest BCUT2D eigenvalue weighted by Gasteiger charge is -2.27. The van der Waals surface area contributed by atoms with E-state index in [-0.39, 0.29) is 6.04 Å². The van der Waals surface area contributed by atoms with Crippen molar-refractivity contribution in [2.45, 2.75) is 30.2 Å². The van der Waals surface area contributed by atoms with Crippen molar-refractivity contribution in [2.75, 3.05) is 5.75 Å². The SMILES string of the molecule is O=S(=O)(NC1CCSc2ccc(Cl)cc21)C1=Cc2ccccc2CC1. The molecular weight excluding hydrogens is 374 g/mol. The van der Waals surface area contributed by atoms with Gasteiger partial charge in [-0.05, 0) is 66.0 Å². The van der Waals surface area contributed by atoms with Crippen molar-refractivity contribution < 1.29 is 8.42 Å². The molecule has 2 aromatic carbocycles. The van der Waals surface area contributed by atoms with E-state index in [1.165, 1.54) is 5.56 Å². The van der Waals surface area contributed by atoms with Gasteiger partial charge in [0, 0.05) is 16.0 Å². The lowest BCUT2D eigenvalue weighted by molar-refractivity contribution is 0.550. The Hall–Kier alpha value is -1.27. The van der Waals surface area contributed by atoms with Crippen LogP contribution in [0.15, 0.2) is 52.3 Å². The molecule has 25 heavy (non-hydrogen) atoms. The molecule has 1 unspecified atom stereocenters. The van der Waals surface area contributed by atoms with Crippen molar-refractivity contribution in [1.82, 2.24) is 4.72 Å². The highest BCUT2D eigenvalue weighted by Gasteiger charge is 2.28. The first-order valence-corrected chi connectivity index (χ1v) is 11.1. The minimum atomic E-state index is -3.52. The average molecular weight is 392 g/mol. The van der Waals surface area contributed by atoms with Crippen LogP contribution in [0.25, 0.3) is 6.08 Å². The average Bonchev–Trinajstić information content (AvgIpc) is 2.61. The summed E-state index contributed by atoms with van der Waals surface area (Å²) in [7, 11) is -3.52. The van der Waals surface area contributed by atoms with Gasteiger partial charge >= 0.3 is 0 Å². The van der Waals surface area contributed by atoms with E-state index in [1.807, 2.05) is 36.4 Å². The molecular formula is C19H18ClNO2S2. The fraction of sp³-hybridized carbons (Fsp3) is 0.263. The van der Waals surface area contributed by atoms with Crippen LogP contribution in [-0.4, -0.2) is 14.2 Å². The van der Waals surface area contributed by atoms with Crippen LogP contribution in [0.4, 0.5) is 0 Å². The summed E-state index contributed by atoms with van der Waals surface area (Å²) in [5.74, 6) is 0.893. The monoisotopic (exact) mass is 391 g/mol. The zero-order valence-electron chi connectivity index (χ0n) is 13.5. The highest BCUT2D eigenvalue weighted by molar-refractivity contribution is 7.99. The zero-order chi connectivity index (χ0) is 17.4. The molecule has 3 nitrogen and oxygen atoms in total. The van der Waals surface area contributed by atoms with E-state index < -0.39 is 10.0 Å². The van der Waals surface area contributed by atoms with Gasteiger partial charge in [0.05, 0.1) is 4.91 Å². The molecule has 0 aromatic heterocycles. The van der Waals surface area contributed by atoms with Crippen LogP contribution in [0, 0.1) is 0 Å². The molecule has 2 aliphatic rings. The van der Waals surface area contributed by atoms with Gasteiger partial charge in [-0.15, -0.1) is 11.8 Å². The maximum atomic E-state index is 12.9. The van der Waals surface area contributed by atoms with Crippen molar-refractivity contribution in [3.63, 3.8) is 0 Å². The maximum absolute atomic E-state index is 12.9. The number of hydrogen-bond acceptors (Lipinski definition) is 3. The number of rotatable bonds is 3. The summed E-state index contributed by atoms with van der Waals surface area (Å²) in [6.07, 6.45) is 3.86. The summed E-state index contributed by atoms with van der Waals surface area (Å²) in [6.45, 7) is 0. The molecule has 1 atom stereocenters. The Bertz CT molecular complexity index is 954. The smallest absolute Gasteiger partial charge is 0.207 e. The van der Waals surface area contributed by atoms with E-state index in [2.05, 4.69) is 10.8 Å². The molecule has 0 saturated heterocycles. The third-order valence-electron chi connectivity index (χ3n) is 4.67. The summed E-state index contributed by atoms with van der Waals surface area (Å²) in [5.41, 5.74) is 3.17. The largest absolute Gasteiger partial charge is 0.237 e. The number of hydrogen-bond donors (Lipinski definition) is 1. The Kier molecular flexibility index (Phi) is 4.67. The zero-order valence-corrected chi connectivity index (χ0v) is 15.9. The topological polar surface area (TPSA) is 46.2 Å². The second-order valence-electron chi connectivity index (χ2n) is 6.30. The van der Waals surface area contributed by atoms with Crippen LogP contribution >= 0.6 is 23.4 Å². The molecule has 1 aliphatic carbocycles. The highest BCUT2D eigenvalue weighted by atomic mass is 35.5. The predicted octanol–water partition coefficient (Wildman–Crippen LogP) is 4.78. The minimum absolute atomic E-state index is 0.224. The Labute approximate surface area is 157 Å². The molecule has 1 heterocycles. The van der Waals surface area contributed by atoms with E-state index in [9.17, 15) is 8.42 Å². The van der Waals surface area contributed by atoms with Crippen LogP contribution in [0.3, 0.4) is 0 Å². The molecule has 0 radical (unpaired) electrons. The molecule has 0 bridgehead atoms. The van der Waals surface area contributed by atoms with Crippen molar-refractivity contribution >= 4 is 39.5 Å². The number of sulfonamides is 1. The summed E-state index contributed by atoms with van der Waals surface area (Å²) >= 11 is 7.87. The fourth-order valence-electron chi connectivity index (χ4n) is 3.37. The second-order valence-corrected chi connectivity index (χ2v) is 9.64. The van der Waals surface area contributed by atoms with Gasteiger partial charge in [-0.1, -0.05) is 35.9 Å². The molecule has 1 aliphatic heterocycles. The number of thioether (sulfide) groups is 1. The van der Waals surface area contributed by atoms with Crippen LogP contribution in [0.2, 0.25) is 5.02 Å².